The summed E-state index contributed by atoms with van der Waals surface area (Å²) in [4.78, 5) is 44.8. The van der Waals surface area contributed by atoms with Crippen molar-refractivity contribution in [3.05, 3.63) is 94.5 Å². The van der Waals surface area contributed by atoms with E-state index in [1.807, 2.05) is 37.9 Å². The number of carbonyl (C=O) groups excluding carboxylic acids is 1. The number of benzene rings is 1. The summed E-state index contributed by atoms with van der Waals surface area (Å²) in [5.74, 6) is -1.02. The number of hydrogen-bond donors (Lipinski definition) is 0. The van der Waals surface area contributed by atoms with Gasteiger partial charge >= 0.3 is 5.69 Å². The number of anilines is 1. The standard InChI is InChI=1S/C33H31F2N9O2S/c1-5-28(45)41-8-9-43(19(4)14-41)31-24-12-26(35)30-23-11-22(6-7-25(23)34)47-17-21-16-42(40-39-21)15-20-10-27(29(18(2)3)36-13-20)44(32(24)37-30)33(46)38-31/h5-7,10-13,16,18-19H,1,8-9,14-15,17H2,2-4H3/t19-/m0/s1. The second-order valence-corrected chi connectivity index (χ2v) is 13.1. The fourth-order valence-corrected chi connectivity index (χ4v) is 6.96. The Morgan fingerprint density at radius 2 is 1.96 bits per heavy atom. The van der Waals surface area contributed by atoms with Gasteiger partial charge in [-0.25, -0.2) is 27.8 Å². The molecule has 6 heterocycles. The van der Waals surface area contributed by atoms with Crippen molar-refractivity contribution < 1.29 is 13.6 Å². The van der Waals surface area contributed by atoms with Crippen molar-refractivity contribution >= 4 is 34.5 Å². The lowest BCUT2D eigenvalue weighted by molar-refractivity contribution is -0.126. The molecule has 240 valence electrons. The summed E-state index contributed by atoms with van der Waals surface area (Å²) >= 11 is 1.41. The highest BCUT2D eigenvalue weighted by Gasteiger charge is 2.31. The summed E-state index contributed by atoms with van der Waals surface area (Å²) in [7, 11) is 0. The lowest BCUT2D eigenvalue weighted by Crippen LogP contribution is -2.54. The van der Waals surface area contributed by atoms with Crippen LogP contribution >= 0.6 is 11.8 Å². The molecule has 7 rings (SSSR count). The molecule has 0 aliphatic carbocycles. The Labute approximate surface area is 273 Å². The van der Waals surface area contributed by atoms with Crippen LogP contribution in [-0.2, 0) is 17.1 Å². The minimum absolute atomic E-state index is 0.0385. The minimum Gasteiger partial charge on any atom is -0.350 e. The number of thioether (sulfide) groups is 1. The van der Waals surface area contributed by atoms with Crippen LogP contribution in [0.25, 0.3) is 28.0 Å². The Hall–Kier alpha value is -4.98. The van der Waals surface area contributed by atoms with Gasteiger partial charge in [0.15, 0.2) is 5.65 Å². The van der Waals surface area contributed by atoms with Crippen molar-refractivity contribution in [3.8, 4) is 16.9 Å². The predicted octanol–water partition coefficient (Wildman–Crippen LogP) is 4.71. The van der Waals surface area contributed by atoms with Crippen molar-refractivity contribution in [1.29, 1.82) is 0 Å². The second kappa shape index (κ2) is 12.0. The number of rotatable bonds is 3. The SMILES string of the molecule is C=CC(=O)N1CCN(c2nc(=O)n3c4nc(c(F)cc24)-c2cc(ccc2F)SCc2cn(nn2)Cc2cnc(C(C)C)c-3c2)[C@@H](C)C1. The molecule has 1 amide bonds. The summed E-state index contributed by atoms with van der Waals surface area (Å²) in [6, 6.07) is 7.30. The molecule has 1 fully saturated rings. The molecule has 0 unspecified atom stereocenters. The summed E-state index contributed by atoms with van der Waals surface area (Å²) in [5.41, 5.74) is 1.70. The Morgan fingerprint density at radius 3 is 2.72 bits per heavy atom. The molecule has 0 N–H and O–H groups in total. The highest BCUT2D eigenvalue weighted by atomic mass is 32.2. The largest absolute Gasteiger partial charge is 0.355 e. The first-order chi connectivity index (χ1) is 22.6. The number of fused-ring (bicyclic) bond motifs is 9. The van der Waals surface area contributed by atoms with Gasteiger partial charge < -0.3 is 9.80 Å². The zero-order valence-electron chi connectivity index (χ0n) is 26.0. The van der Waals surface area contributed by atoms with Crippen molar-refractivity contribution in [2.75, 3.05) is 24.5 Å². The molecule has 2 aliphatic heterocycles. The van der Waals surface area contributed by atoms with Crippen LogP contribution < -0.4 is 10.6 Å². The van der Waals surface area contributed by atoms with Crippen molar-refractivity contribution in [3.63, 3.8) is 0 Å². The molecule has 1 atom stereocenters. The second-order valence-electron chi connectivity index (χ2n) is 12.0. The van der Waals surface area contributed by atoms with Crippen LogP contribution in [0.4, 0.5) is 14.6 Å². The Kier molecular flexibility index (Phi) is 7.82. The topological polar surface area (TPSA) is 115 Å². The van der Waals surface area contributed by atoms with E-state index in [-0.39, 0.29) is 46.0 Å². The fourth-order valence-electron chi connectivity index (χ4n) is 6.15. The maximum Gasteiger partial charge on any atom is 0.355 e. The van der Waals surface area contributed by atoms with Gasteiger partial charge in [-0.15, -0.1) is 16.9 Å². The van der Waals surface area contributed by atoms with E-state index in [1.54, 1.807) is 27.9 Å². The van der Waals surface area contributed by atoms with Crippen molar-refractivity contribution in [1.82, 2.24) is 39.4 Å². The summed E-state index contributed by atoms with van der Waals surface area (Å²) in [6.45, 7) is 10.8. The summed E-state index contributed by atoms with van der Waals surface area (Å²) < 4.78 is 34.7. The smallest absolute Gasteiger partial charge is 0.350 e. The molecule has 8 bridgehead atoms. The molecule has 47 heavy (non-hydrogen) atoms. The lowest BCUT2D eigenvalue weighted by Gasteiger charge is -2.40. The summed E-state index contributed by atoms with van der Waals surface area (Å²) in [5, 5.41) is 8.82. The van der Waals surface area contributed by atoms with Gasteiger partial charge in [-0.1, -0.05) is 25.6 Å². The first kappa shape index (κ1) is 30.7. The average molecular weight is 656 g/mol. The monoisotopic (exact) mass is 655 g/mol. The predicted molar refractivity (Wildman–Crippen MR) is 175 cm³/mol. The number of piperazine rings is 1. The molecule has 5 aromatic rings. The van der Waals surface area contributed by atoms with Gasteiger partial charge in [0.1, 0.15) is 23.1 Å². The van der Waals surface area contributed by atoms with E-state index in [0.29, 0.717) is 53.9 Å². The van der Waals surface area contributed by atoms with E-state index >= 15 is 8.78 Å². The van der Waals surface area contributed by atoms with Gasteiger partial charge in [-0.2, -0.15) is 4.98 Å². The first-order valence-corrected chi connectivity index (χ1v) is 16.2. The molecule has 4 aromatic heterocycles. The molecular weight excluding hydrogens is 624 g/mol. The molecule has 0 radical (unpaired) electrons. The first-order valence-electron chi connectivity index (χ1n) is 15.2. The van der Waals surface area contributed by atoms with E-state index in [2.05, 4.69) is 21.9 Å². The molecule has 1 saturated heterocycles. The molecule has 0 spiro atoms. The number of amides is 1. The highest BCUT2D eigenvalue weighted by molar-refractivity contribution is 7.98. The third kappa shape index (κ3) is 5.56. The van der Waals surface area contributed by atoms with Crippen LogP contribution in [0, 0.1) is 11.6 Å². The van der Waals surface area contributed by atoms with Crippen molar-refractivity contribution in [2.45, 2.75) is 49.9 Å². The van der Waals surface area contributed by atoms with Gasteiger partial charge in [0.25, 0.3) is 0 Å². The quantitative estimate of drug-likeness (QED) is 0.255. The fraction of sp³-hybridized carbons (Fsp3) is 0.303. The third-order valence-corrected chi connectivity index (χ3v) is 9.47. The van der Waals surface area contributed by atoms with Crippen LogP contribution in [0.15, 0.2) is 65.1 Å². The molecule has 2 aliphatic rings. The average Bonchev–Trinajstić information content (AvgIpc) is 3.50. The third-order valence-electron chi connectivity index (χ3n) is 8.44. The normalized spacial score (nSPS) is 16.3. The number of hydrogen-bond acceptors (Lipinski definition) is 9. The van der Waals surface area contributed by atoms with E-state index in [1.165, 1.54) is 34.5 Å². The number of carbonyl (C=O) groups is 1. The highest BCUT2D eigenvalue weighted by Crippen LogP contribution is 2.35. The molecule has 0 saturated carbocycles. The maximum atomic E-state index is 16.2. The number of halogens is 2. The van der Waals surface area contributed by atoms with Gasteiger partial charge in [0, 0.05) is 54.3 Å². The van der Waals surface area contributed by atoms with Crippen LogP contribution in [-0.4, -0.2) is 71.0 Å². The molecule has 1 aromatic carbocycles. The van der Waals surface area contributed by atoms with Gasteiger partial charge in [-0.05, 0) is 54.8 Å². The number of nitrogens with zero attached hydrogens (tertiary/aromatic N) is 9. The van der Waals surface area contributed by atoms with E-state index < -0.39 is 17.3 Å². The molecule has 11 nitrogen and oxygen atoms in total. The number of aromatic nitrogens is 7. The lowest BCUT2D eigenvalue weighted by atomic mass is 10.1. The Morgan fingerprint density at radius 1 is 1.13 bits per heavy atom. The van der Waals surface area contributed by atoms with E-state index in [4.69, 9.17) is 9.97 Å². The van der Waals surface area contributed by atoms with Gasteiger partial charge in [0.05, 0.1) is 29.0 Å². The van der Waals surface area contributed by atoms with Gasteiger partial charge in [-0.3, -0.25) is 9.78 Å². The Balaban J connectivity index is 1.52. The zero-order valence-corrected chi connectivity index (χ0v) is 26.8. The number of pyridine rings is 2. The zero-order chi connectivity index (χ0) is 33.0. The van der Waals surface area contributed by atoms with Crippen LogP contribution in [0.1, 0.15) is 43.6 Å². The molecule has 14 heteroatoms. The Bertz CT molecular complexity index is 2130. The maximum absolute atomic E-state index is 16.2. The summed E-state index contributed by atoms with van der Waals surface area (Å²) in [6.07, 6.45) is 4.83. The minimum atomic E-state index is -0.764. The van der Waals surface area contributed by atoms with Crippen LogP contribution in [0.3, 0.4) is 0 Å². The van der Waals surface area contributed by atoms with Crippen molar-refractivity contribution in [2.24, 2.45) is 0 Å². The van der Waals surface area contributed by atoms with E-state index in [9.17, 15) is 9.59 Å². The van der Waals surface area contributed by atoms with Crippen LogP contribution in [0.2, 0.25) is 0 Å². The molecular formula is C33H31F2N9O2S. The van der Waals surface area contributed by atoms with Gasteiger partial charge in [0.2, 0.25) is 5.91 Å². The van der Waals surface area contributed by atoms with E-state index in [0.717, 1.165) is 5.56 Å². The van der Waals surface area contributed by atoms with Crippen LogP contribution in [0.5, 0.6) is 0 Å².